The van der Waals surface area contributed by atoms with Crippen LogP contribution in [0.1, 0.15) is 6.92 Å². The van der Waals surface area contributed by atoms with E-state index in [-0.39, 0.29) is 0 Å². The number of hydrogen-bond acceptors (Lipinski definition) is 4. The Balaban J connectivity index is 2.42. The van der Waals surface area contributed by atoms with Crippen LogP contribution in [0, 0.1) is 0 Å². The maximum Gasteiger partial charge on any atom is 0.144 e. The van der Waals surface area contributed by atoms with E-state index in [1.54, 1.807) is 12.4 Å². The highest BCUT2D eigenvalue weighted by Gasteiger charge is 2.03. The summed E-state index contributed by atoms with van der Waals surface area (Å²) in [6, 6.07) is 0.473. The highest BCUT2D eigenvalue weighted by atomic mass is 79.9. The van der Waals surface area contributed by atoms with E-state index in [1.807, 2.05) is 0 Å². The first-order valence-electron chi connectivity index (χ1n) is 4.47. The van der Waals surface area contributed by atoms with E-state index in [1.165, 1.54) is 0 Å². The third-order valence-electron chi connectivity index (χ3n) is 2.08. The van der Waals surface area contributed by atoms with Crippen molar-refractivity contribution in [3.05, 3.63) is 17.0 Å². The first-order valence-corrected chi connectivity index (χ1v) is 5.26. The molecule has 1 rings (SSSR count). The fraction of sp³-hybridized carbons (Fsp3) is 0.556. The molecule has 14 heavy (non-hydrogen) atoms. The molecular formula is C9H15BrN4. The van der Waals surface area contributed by atoms with E-state index >= 15 is 0 Å². The Hall–Kier alpha value is -0.680. The van der Waals surface area contributed by atoms with Gasteiger partial charge in [-0.05, 0) is 36.9 Å². The lowest BCUT2D eigenvalue weighted by Gasteiger charge is -2.20. The van der Waals surface area contributed by atoms with Crippen molar-refractivity contribution in [2.75, 3.05) is 26.0 Å². The number of likely N-dealkylation sites (N-methyl/N-ethyl adjacent to an activating group) is 1. The van der Waals surface area contributed by atoms with Gasteiger partial charge < -0.3 is 10.2 Å². The van der Waals surface area contributed by atoms with Gasteiger partial charge >= 0.3 is 0 Å². The van der Waals surface area contributed by atoms with Crippen molar-refractivity contribution < 1.29 is 0 Å². The Morgan fingerprint density at radius 1 is 1.43 bits per heavy atom. The van der Waals surface area contributed by atoms with Gasteiger partial charge in [0.2, 0.25) is 0 Å². The maximum atomic E-state index is 4.17. The smallest absolute Gasteiger partial charge is 0.144 e. The molecule has 5 heteroatoms. The molecule has 0 amide bonds. The molecule has 0 aliphatic carbocycles. The van der Waals surface area contributed by atoms with Crippen molar-refractivity contribution in [2.45, 2.75) is 13.0 Å². The monoisotopic (exact) mass is 258 g/mol. The number of nitrogens with zero attached hydrogens (tertiary/aromatic N) is 3. The van der Waals surface area contributed by atoms with Gasteiger partial charge in [0.15, 0.2) is 0 Å². The topological polar surface area (TPSA) is 41.1 Å². The molecule has 1 aromatic rings. The second-order valence-corrected chi connectivity index (χ2v) is 4.23. The lowest BCUT2D eigenvalue weighted by molar-refractivity contribution is 0.326. The third kappa shape index (κ3) is 3.59. The minimum atomic E-state index is 0.473. The highest BCUT2D eigenvalue weighted by Crippen LogP contribution is 2.06. The van der Waals surface area contributed by atoms with Gasteiger partial charge in [0, 0.05) is 12.6 Å². The fourth-order valence-corrected chi connectivity index (χ4v) is 1.04. The van der Waals surface area contributed by atoms with Gasteiger partial charge in [0.25, 0.3) is 0 Å². The number of halogens is 1. The number of hydrogen-bond donors (Lipinski definition) is 1. The summed E-state index contributed by atoms with van der Waals surface area (Å²) in [6.07, 6.45) is 3.40. The van der Waals surface area contributed by atoms with Gasteiger partial charge in [0.1, 0.15) is 10.4 Å². The highest BCUT2D eigenvalue weighted by molar-refractivity contribution is 9.10. The van der Waals surface area contributed by atoms with Crippen molar-refractivity contribution in [1.82, 2.24) is 14.9 Å². The molecule has 78 valence electrons. The summed E-state index contributed by atoms with van der Waals surface area (Å²) in [5.74, 6) is 0.807. The number of anilines is 1. The van der Waals surface area contributed by atoms with Gasteiger partial charge in [-0.3, -0.25) is 0 Å². The second-order valence-electron chi connectivity index (χ2n) is 3.42. The van der Waals surface area contributed by atoms with Crippen molar-refractivity contribution in [1.29, 1.82) is 0 Å². The van der Waals surface area contributed by atoms with E-state index in [9.17, 15) is 0 Å². The summed E-state index contributed by atoms with van der Waals surface area (Å²) in [5.41, 5.74) is 0. The van der Waals surface area contributed by atoms with Gasteiger partial charge in [-0.15, -0.1) is 0 Å². The summed E-state index contributed by atoms with van der Waals surface area (Å²) in [5, 5.41) is 3.22. The summed E-state index contributed by atoms with van der Waals surface area (Å²) in [4.78, 5) is 10.4. The van der Waals surface area contributed by atoms with E-state index < -0.39 is 0 Å². The Bertz CT molecular complexity index is 273. The van der Waals surface area contributed by atoms with E-state index in [2.05, 4.69) is 57.1 Å². The Morgan fingerprint density at radius 3 is 2.64 bits per heavy atom. The zero-order valence-corrected chi connectivity index (χ0v) is 10.2. The molecular weight excluding hydrogens is 244 g/mol. The molecule has 4 nitrogen and oxygen atoms in total. The lowest BCUT2D eigenvalue weighted by Crippen LogP contribution is -2.31. The first-order chi connectivity index (χ1) is 6.59. The Morgan fingerprint density at radius 2 is 2.14 bits per heavy atom. The standard InChI is InChI=1S/C9H15BrN4/c1-7(14(2)3)4-12-9-6-11-8(10)5-13-9/h5-7H,4H2,1-3H3,(H,12,13). The molecule has 0 fully saturated rings. The van der Waals surface area contributed by atoms with E-state index in [0.29, 0.717) is 6.04 Å². The molecule has 1 unspecified atom stereocenters. The van der Waals surface area contributed by atoms with Crippen LogP contribution >= 0.6 is 15.9 Å². The molecule has 0 aromatic carbocycles. The van der Waals surface area contributed by atoms with Crippen LogP contribution < -0.4 is 5.32 Å². The molecule has 1 atom stereocenters. The summed E-state index contributed by atoms with van der Waals surface area (Å²) in [7, 11) is 4.11. The zero-order valence-electron chi connectivity index (χ0n) is 8.66. The average Bonchev–Trinajstić information content (AvgIpc) is 2.16. The van der Waals surface area contributed by atoms with Crippen LogP contribution in [0.15, 0.2) is 17.0 Å². The second kappa shape index (κ2) is 5.26. The molecule has 0 spiro atoms. The van der Waals surface area contributed by atoms with Crippen LogP contribution in [0.5, 0.6) is 0 Å². The zero-order chi connectivity index (χ0) is 10.6. The Kier molecular flexibility index (Phi) is 4.28. The van der Waals surface area contributed by atoms with Crippen molar-refractivity contribution in [2.24, 2.45) is 0 Å². The van der Waals surface area contributed by atoms with E-state index in [0.717, 1.165) is 17.0 Å². The summed E-state index contributed by atoms with van der Waals surface area (Å²) < 4.78 is 0.753. The minimum Gasteiger partial charge on any atom is -0.367 e. The van der Waals surface area contributed by atoms with Crippen LogP contribution in [0.25, 0.3) is 0 Å². The van der Waals surface area contributed by atoms with Crippen LogP contribution in [0.3, 0.4) is 0 Å². The van der Waals surface area contributed by atoms with Crippen molar-refractivity contribution in [3.63, 3.8) is 0 Å². The predicted octanol–water partition coefficient (Wildman–Crippen LogP) is 1.60. The van der Waals surface area contributed by atoms with Gasteiger partial charge in [0.05, 0.1) is 12.4 Å². The molecule has 0 aliphatic rings. The van der Waals surface area contributed by atoms with Gasteiger partial charge in [-0.25, -0.2) is 9.97 Å². The molecule has 1 heterocycles. The number of nitrogens with one attached hydrogen (secondary N) is 1. The van der Waals surface area contributed by atoms with Crippen LogP contribution in [0.2, 0.25) is 0 Å². The average molecular weight is 259 g/mol. The molecule has 0 radical (unpaired) electrons. The molecule has 1 aromatic heterocycles. The summed E-state index contributed by atoms with van der Waals surface area (Å²) >= 11 is 3.24. The normalized spacial score (nSPS) is 12.9. The quantitative estimate of drug-likeness (QED) is 0.891. The molecule has 0 aliphatic heterocycles. The minimum absolute atomic E-state index is 0.473. The third-order valence-corrected chi connectivity index (χ3v) is 2.49. The number of rotatable bonds is 4. The number of aromatic nitrogens is 2. The largest absolute Gasteiger partial charge is 0.367 e. The fourth-order valence-electron chi connectivity index (χ4n) is 0.838. The predicted molar refractivity (Wildman–Crippen MR) is 61.4 cm³/mol. The summed E-state index contributed by atoms with van der Waals surface area (Å²) in [6.45, 7) is 3.02. The van der Waals surface area contributed by atoms with Gasteiger partial charge in [-0.1, -0.05) is 0 Å². The molecule has 1 N–H and O–H groups in total. The Labute approximate surface area is 92.9 Å². The van der Waals surface area contributed by atoms with E-state index in [4.69, 9.17) is 0 Å². The lowest BCUT2D eigenvalue weighted by atomic mass is 10.3. The van der Waals surface area contributed by atoms with Crippen molar-refractivity contribution >= 4 is 21.7 Å². The van der Waals surface area contributed by atoms with Crippen LogP contribution in [0.4, 0.5) is 5.82 Å². The first kappa shape index (κ1) is 11.4. The van der Waals surface area contributed by atoms with Crippen LogP contribution in [-0.2, 0) is 0 Å². The maximum absolute atomic E-state index is 4.17. The van der Waals surface area contributed by atoms with Crippen molar-refractivity contribution in [3.8, 4) is 0 Å². The molecule has 0 bridgehead atoms. The van der Waals surface area contributed by atoms with Crippen LogP contribution in [-0.4, -0.2) is 41.5 Å². The van der Waals surface area contributed by atoms with Gasteiger partial charge in [-0.2, -0.15) is 0 Å². The molecule has 0 saturated carbocycles. The SMILES string of the molecule is CC(CNc1cnc(Br)cn1)N(C)C. The molecule has 0 saturated heterocycles.